The molecule has 0 bridgehead atoms. The summed E-state index contributed by atoms with van der Waals surface area (Å²) in [6, 6.07) is -1.03. The van der Waals surface area contributed by atoms with Crippen molar-refractivity contribution >= 4 is 64.1 Å². The molecule has 3 rings (SSSR count). The van der Waals surface area contributed by atoms with Gasteiger partial charge in [-0.1, -0.05) is 5.16 Å². The number of alkyl halides is 3. The van der Waals surface area contributed by atoms with Gasteiger partial charge in [0.05, 0.1) is 5.57 Å². The normalized spacial score (nSPS) is 23.2. The van der Waals surface area contributed by atoms with Crippen molar-refractivity contribution in [1.82, 2.24) is 15.2 Å². The molecule has 3 heterocycles. The minimum Gasteiger partial charge on any atom is -0.478 e. The molecule has 16 heteroatoms. The monoisotopic (exact) mass is 501 g/mol. The van der Waals surface area contributed by atoms with Crippen LogP contribution in [0.3, 0.4) is 0 Å². The number of aliphatic carboxylic acids is 1. The number of carbonyl (C=O) groups is 3. The van der Waals surface area contributed by atoms with Gasteiger partial charge in [0.2, 0.25) is 6.61 Å². The first-order chi connectivity index (χ1) is 14.0. The summed E-state index contributed by atoms with van der Waals surface area (Å²) in [7, 11) is 0. The lowest BCUT2D eigenvalue weighted by Gasteiger charge is -2.48. The fourth-order valence-electron chi connectivity index (χ4n) is 2.65. The fraction of sp³-hybridized carbons (Fsp3) is 0.400. The lowest BCUT2D eigenvalue weighted by atomic mass is 10.1. The molecule has 0 radical (unpaired) electrons. The van der Waals surface area contributed by atoms with Crippen molar-refractivity contribution in [3.8, 4) is 0 Å². The summed E-state index contributed by atoms with van der Waals surface area (Å²) < 4.78 is 37.0. The van der Waals surface area contributed by atoms with Crippen LogP contribution >= 0.6 is 35.5 Å². The maximum Gasteiger partial charge on any atom is 0.425 e. The quantitative estimate of drug-likeness (QED) is 0.299. The molecule has 0 spiro atoms. The molecule has 31 heavy (non-hydrogen) atoms. The molecular weight excluding hydrogens is 487 g/mol. The van der Waals surface area contributed by atoms with Crippen molar-refractivity contribution in [2.75, 3.05) is 12.3 Å². The van der Waals surface area contributed by atoms with Crippen LogP contribution in [0.15, 0.2) is 22.3 Å². The lowest BCUT2D eigenvalue weighted by molar-refractivity contribution is -0.174. The standard InChI is InChI=1S/C15H14F3N5O5S2.ClH/c1-5-6(13(26)27)2-23-11(25)9(12(23)30-5)21-10(24)8(7-3-29-14(19)20-7)22-28-4-15(16,17)18;/h2-3,5,9,12H,4H2,1H3,(H2,19,20)(H,21,24)(H,26,27);1H/t5?,9?,12-;/m1./s1. The summed E-state index contributed by atoms with van der Waals surface area (Å²) in [4.78, 5) is 45.4. The van der Waals surface area contributed by atoms with Crippen LogP contribution in [0, 0.1) is 0 Å². The van der Waals surface area contributed by atoms with E-state index in [9.17, 15) is 27.6 Å². The Balaban J connectivity index is 0.00000341. The summed E-state index contributed by atoms with van der Waals surface area (Å²) in [6.07, 6.45) is -3.46. The first-order valence-electron chi connectivity index (χ1n) is 8.19. The molecule has 4 N–H and O–H groups in total. The van der Waals surface area contributed by atoms with Gasteiger partial charge >= 0.3 is 12.1 Å². The van der Waals surface area contributed by atoms with Crippen molar-refractivity contribution < 1.29 is 37.5 Å². The maximum atomic E-state index is 12.6. The number of nitrogens with two attached hydrogens (primary N) is 1. The third-order valence-electron chi connectivity index (χ3n) is 4.04. The lowest BCUT2D eigenvalue weighted by Crippen LogP contribution is -2.69. The minimum atomic E-state index is -4.67. The summed E-state index contributed by atoms with van der Waals surface area (Å²) >= 11 is 2.08. The smallest absolute Gasteiger partial charge is 0.425 e. The van der Waals surface area contributed by atoms with Crippen molar-refractivity contribution in [2.24, 2.45) is 5.16 Å². The Morgan fingerprint density at radius 3 is 2.68 bits per heavy atom. The van der Waals surface area contributed by atoms with Gasteiger partial charge in [0.1, 0.15) is 17.1 Å². The zero-order valence-corrected chi connectivity index (χ0v) is 17.9. The van der Waals surface area contributed by atoms with Gasteiger partial charge in [0, 0.05) is 16.8 Å². The largest absolute Gasteiger partial charge is 0.478 e. The van der Waals surface area contributed by atoms with E-state index in [1.807, 2.05) is 0 Å². The Bertz CT molecular complexity index is 954. The number of nitrogens with zero attached hydrogens (tertiary/aromatic N) is 3. The van der Waals surface area contributed by atoms with E-state index in [0.29, 0.717) is 0 Å². The Kier molecular flexibility index (Phi) is 7.44. The van der Waals surface area contributed by atoms with Gasteiger partial charge in [-0.25, -0.2) is 9.78 Å². The van der Waals surface area contributed by atoms with Crippen molar-refractivity contribution in [1.29, 1.82) is 0 Å². The number of hydrogen-bond donors (Lipinski definition) is 3. The average Bonchev–Trinajstić information content (AvgIpc) is 3.07. The Morgan fingerprint density at radius 2 is 2.13 bits per heavy atom. The molecular formula is C15H15ClF3N5O5S2. The van der Waals surface area contributed by atoms with Gasteiger partial charge in [-0.05, 0) is 6.92 Å². The number of β-lactam (4-membered cyclic amide) rings is 1. The van der Waals surface area contributed by atoms with Crippen LogP contribution in [0.5, 0.6) is 0 Å². The minimum absolute atomic E-state index is 0. The third-order valence-corrected chi connectivity index (χ3v) is 6.15. The van der Waals surface area contributed by atoms with E-state index in [-0.39, 0.29) is 28.8 Å². The summed E-state index contributed by atoms with van der Waals surface area (Å²) in [5.41, 5.74) is 4.85. The number of carboxylic acid groups (broad SMARTS) is 1. The first kappa shape index (κ1) is 24.7. The number of fused-ring (bicyclic) bond motifs is 1. The van der Waals surface area contributed by atoms with Crippen LogP contribution in [-0.2, 0) is 19.2 Å². The van der Waals surface area contributed by atoms with E-state index in [2.05, 4.69) is 20.3 Å². The van der Waals surface area contributed by atoms with Crippen LogP contribution in [0.2, 0.25) is 0 Å². The number of aromatic nitrogens is 1. The molecule has 1 fully saturated rings. The number of carbonyl (C=O) groups excluding carboxylic acids is 2. The molecule has 0 saturated carbocycles. The van der Waals surface area contributed by atoms with Gasteiger partial charge in [-0.15, -0.1) is 35.5 Å². The second-order valence-electron chi connectivity index (χ2n) is 6.15. The molecule has 0 aliphatic carbocycles. The second-order valence-corrected chi connectivity index (χ2v) is 8.51. The van der Waals surface area contributed by atoms with E-state index in [4.69, 9.17) is 10.8 Å². The second kappa shape index (κ2) is 9.32. The molecule has 170 valence electrons. The number of rotatable bonds is 6. The number of anilines is 1. The van der Waals surface area contributed by atoms with Crippen LogP contribution in [0.25, 0.3) is 0 Å². The number of carboxylic acids is 1. The van der Waals surface area contributed by atoms with Crippen LogP contribution in [-0.4, -0.2) is 67.9 Å². The molecule has 2 aliphatic rings. The molecule has 1 aromatic heterocycles. The van der Waals surface area contributed by atoms with Crippen LogP contribution < -0.4 is 11.1 Å². The highest BCUT2D eigenvalue weighted by Crippen LogP contribution is 2.40. The van der Waals surface area contributed by atoms with Gasteiger partial charge in [-0.3, -0.25) is 9.59 Å². The number of halogens is 4. The zero-order chi connectivity index (χ0) is 22.2. The molecule has 2 amide bonds. The van der Waals surface area contributed by atoms with E-state index in [1.165, 1.54) is 16.5 Å². The highest BCUT2D eigenvalue weighted by Gasteiger charge is 2.52. The number of hydrogen-bond acceptors (Lipinski definition) is 9. The molecule has 3 atom stereocenters. The fourth-order valence-corrected chi connectivity index (χ4v) is 4.56. The predicted molar refractivity (Wildman–Crippen MR) is 108 cm³/mol. The number of nitrogens with one attached hydrogen (secondary N) is 1. The van der Waals surface area contributed by atoms with Gasteiger partial charge in [0.15, 0.2) is 10.8 Å². The molecule has 1 saturated heterocycles. The maximum absolute atomic E-state index is 12.6. The highest BCUT2D eigenvalue weighted by molar-refractivity contribution is 8.00. The predicted octanol–water partition coefficient (Wildman–Crippen LogP) is 1.19. The van der Waals surface area contributed by atoms with Crippen molar-refractivity contribution in [3.63, 3.8) is 0 Å². The number of amides is 2. The van der Waals surface area contributed by atoms with E-state index >= 15 is 0 Å². The van der Waals surface area contributed by atoms with Gasteiger partial charge in [-0.2, -0.15) is 13.2 Å². The highest BCUT2D eigenvalue weighted by atomic mass is 35.5. The molecule has 0 aromatic carbocycles. The number of oxime groups is 1. The number of thioether (sulfide) groups is 1. The van der Waals surface area contributed by atoms with E-state index in [0.717, 1.165) is 23.1 Å². The molecule has 2 unspecified atom stereocenters. The van der Waals surface area contributed by atoms with Crippen LogP contribution in [0.1, 0.15) is 12.6 Å². The SMILES string of the molecule is CC1S[C@@H]2C(NC(=O)C(=NOCC(F)(F)F)c3csc(N)n3)C(=O)N2C=C1C(=O)O.Cl. The Morgan fingerprint density at radius 1 is 1.45 bits per heavy atom. The number of thiazole rings is 1. The van der Waals surface area contributed by atoms with Crippen LogP contribution in [0.4, 0.5) is 18.3 Å². The zero-order valence-electron chi connectivity index (χ0n) is 15.5. The third kappa shape index (κ3) is 5.40. The van der Waals surface area contributed by atoms with Gasteiger partial charge < -0.3 is 25.9 Å². The summed E-state index contributed by atoms with van der Waals surface area (Å²) in [5.74, 6) is -2.72. The van der Waals surface area contributed by atoms with E-state index in [1.54, 1.807) is 6.92 Å². The summed E-state index contributed by atoms with van der Waals surface area (Å²) in [6.45, 7) is -0.0855. The topological polar surface area (TPSA) is 147 Å². The number of nitrogen functional groups attached to an aromatic ring is 1. The molecule has 2 aliphatic heterocycles. The summed E-state index contributed by atoms with van der Waals surface area (Å²) in [5, 5.41) is 15.1. The average molecular weight is 502 g/mol. The molecule has 10 nitrogen and oxygen atoms in total. The Labute approximate surface area is 187 Å². The molecule has 1 aromatic rings. The van der Waals surface area contributed by atoms with Crippen molar-refractivity contribution in [2.45, 2.75) is 29.8 Å². The first-order valence-corrected chi connectivity index (χ1v) is 10.0. The van der Waals surface area contributed by atoms with Gasteiger partial charge in [0.25, 0.3) is 11.8 Å². The Hall–Kier alpha value is -2.52. The van der Waals surface area contributed by atoms with E-state index < -0.39 is 52.9 Å². The van der Waals surface area contributed by atoms with Crippen molar-refractivity contribution in [3.05, 3.63) is 22.8 Å².